The van der Waals surface area contributed by atoms with E-state index in [1.165, 1.54) is 32.2 Å². The summed E-state index contributed by atoms with van der Waals surface area (Å²) >= 11 is 0. The summed E-state index contributed by atoms with van der Waals surface area (Å²) in [6.45, 7) is 5.68. The molecule has 1 atom stereocenters. The molecule has 2 aliphatic rings. The van der Waals surface area contributed by atoms with Crippen LogP contribution >= 0.6 is 0 Å². The average Bonchev–Trinajstić information content (AvgIpc) is 3.27. The quantitative estimate of drug-likeness (QED) is 0.766. The first-order valence-electron chi connectivity index (χ1n) is 7.31. The molecule has 0 spiro atoms. The maximum Gasteiger partial charge on any atom is 0.117 e. The monoisotopic (exact) mass is 248 g/mol. The van der Waals surface area contributed by atoms with Crippen LogP contribution in [0.1, 0.15) is 38.4 Å². The van der Waals surface area contributed by atoms with Crippen molar-refractivity contribution in [3.63, 3.8) is 0 Å². The maximum atomic E-state index is 5.47. The van der Waals surface area contributed by atoms with Gasteiger partial charge in [-0.15, -0.1) is 0 Å². The van der Waals surface area contributed by atoms with Gasteiger partial charge in [0.25, 0.3) is 0 Å². The minimum atomic E-state index is 0.723. The standard InChI is InChI=1S/C15H24N2O/c1-12(9-16-13-4-5-13)10-17(14-6-7-14)11-15-3-2-8-18-15/h2-3,8,12-14,16H,4-7,9-11H2,1H3. The van der Waals surface area contributed by atoms with Gasteiger partial charge in [-0.05, 0) is 50.3 Å². The van der Waals surface area contributed by atoms with Crippen LogP contribution in [0, 0.1) is 5.92 Å². The van der Waals surface area contributed by atoms with Crippen molar-refractivity contribution in [2.45, 2.75) is 51.2 Å². The molecule has 3 nitrogen and oxygen atoms in total. The number of rotatable bonds is 8. The van der Waals surface area contributed by atoms with Gasteiger partial charge in [-0.25, -0.2) is 0 Å². The molecule has 0 bridgehead atoms. The number of nitrogens with one attached hydrogen (secondary N) is 1. The highest BCUT2D eigenvalue weighted by molar-refractivity contribution is 5.00. The maximum absolute atomic E-state index is 5.47. The van der Waals surface area contributed by atoms with Gasteiger partial charge < -0.3 is 9.73 Å². The molecule has 3 rings (SSSR count). The van der Waals surface area contributed by atoms with E-state index < -0.39 is 0 Å². The summed E-state index contributed by atoms with van der Waals surface area (Å²) in [5.41, 5.74) is 0. The fourth-order valence-electron chi connectivity index (χ4n) is 2.51. The zero-order valence-corrected chi connectivity index (χ0v) is 11.3. The van der Waals surface area contributed by atoms with Crippen molar-refractivity contribution in [2.75, 3.05) is 13.1 Å². The zero-order chi connectivity index (χ0) is 12.4. The SMILES string of the molecule is CC(CNC1CC1)CN(Cc1ccco1)C1CC1. The molecule has 2 fully saturated rings. The minimum absolute atomic E-state index is 0.723. The third-order valence-corrected chi connectivity index (χ3v) is 3.88. The van der Waals surface area contributed by atoms with Crippen LogP contribution < -0.4 is 5.32 Å². The average molecular weight is 248 g/mol. The van der Waals surface area contributed by atoms with Crippen molar-refractivity contribution >= 4 is 0 Å². The van der Waals surface area contributed by atoms with Crippen LogP contribution in [-0.2, 0) is 6.54 Å². The Kier molecular flexibility index (Phi) is 3.71. The highest BCUT2D eigenvalue weighted by atomic mass is 16.3. The van der Waals surface area contributed by atoms with Gasteiger partial charge in [0, 0.05) is 18.6 Å². The molecule has 0 radical (unpaired) electrons. The van der Waals surface area contributed by atoms with Crippen molar-refractivity contribution in [2.24, 2.45) is 5.92 Å². The van der Waals surface area contributed by atoms with E-state index in [9.17, 15) is 0 Å². The third-order valence-electron chi connectivity index (χ3n) is 3.88. The second-order valence-corrected chi connectivity index (χ2v) is 6.03. The molecular formula is C15H24N2O. The molecule has 0 aromatic carbocycles. The van der Waals surface area contributed by atoms with Crippen molar-refractivity contribution < 1.29 is 4.42 Å². The van der Waals surface area contributed by atoms with Gasteiger partial charge >= 0.3 is 0 Å². The van der Waals surface area contributed by atoms with Crippen molar-refractivity contribution in [3.8, 4) is 0 Å². The predicted molar refractivity (Wildman–Crippen MR) is 72.3 cm³/mol. The minimum Gasteiger partial charge on any atom is -0.468 e. The lowest BCUT2D eigenvalue weighted by atomic mass is 10.1. The molecule has 3 heteroatoms. The molecule has 1 aromatic heterocycles. The smallest absolute Gasteiger partial charge is 0.117 e. The van der Waals surface area contributed by atoms with Gasteiger partial charge in [0.2, 0.25) is 0 Å². The molecule has 100 valence electrons. The Balaban J connectivity index is 1.46. The molecule has 1 aromatic rings. The van der Waals surface area contributed by atoms with Gasteiger partial charge in [-0.1, -0.05) is 6.92 Å². The van der Waals surface area contributed by atoms with Crippen LogP contribution in [-0.4, -0.2) is 30.1 Å². The molecule has 1 unspecified atom stereocenters. The lowest BCUT2D eigenvalue weighted by molar-refractivity contribution is 0.201. The predicted octanol–water partition coefficient (Wildman–Crippen LogP) is 2.63. The van der Waals surface area contributed by atoms with Crippen LogP contribution in [0.2, 0.25) is 0 Å². The highest BCUT2D eigenvalue weighted by Crippen LogP contribution is 2.29. The molecule has 18 heavy (non-hydrogen) atoms. The fraction of sp³-hybridized carbons (Fsp3) is 0.733. The van der Waals surface area contributed by atoms with Crippen molar-refractivity contribution in [1.29, 1.82) is 0 Å². The normalized spacial score (nSPS) is 21.4. The number of furan rings is 1. The zero-order valence-electron chi connectivity index (χ0n) is 11.3. The number of hydrogen-bond donors (Lipinski definition) is 1. The second-order valence-electron chi connectivity index (χ2n) is 6.03. The Labute approximate surface area is 110 Å². The summed E-state index contributed by atoms with van der Waals surface area (Å²) < 4.78 is 5.47. The summed E-state index contributed by atoms with van der Waals surface area (Å²) in [6, 6.07) is 5.70. The van der Waals surface area contributed by atoms with Crippen LogP contribution in [0.25, 0.3) is 0 Å². The molecule has 2 aliphatic carbocycles. The Morgan fingerprint density at radius 1 is 1.39 bits per heavy atom. The van der Waals surface area contributed by atoms with E-state index in [-0.39, 0.29) is 0 Å². The third kappa shape index (κ3) is 3.59. The molecule has 1 heterocycles. The molecule has 0 aliphatic heterocycles. The summed E-state index contributed by atoms with van der Waals surface area (Å²) in [4.78, 5) is 2.60. The van der Waals surface area contributed by atoms with E-state index in [2.05, 4.69) is 23.2 Å². The van der Waals surface area contributed by atoms with E-state index in [4.69, 9.17) is 4.42 Å². The lowest BCUT2D eigenvalue weighted by Crippen LogP contribution is -2.35. The molecular weight excluding hydrogens is 224 g/mol. The summed E-state index contributed by atoms with van der Waals surface area (Å²) in [7, 11) is 0. The van der Waals surface area contributed by atoms with Gasteiger partial charge in [0.15, 0.2) is 0 Å². The first-order valence-corrected chi connectivity index (χ1v) is 7.31. The van der Waals surface area contributed by atoms with Gasteiger partial charge in [0.1, 0.15) is 5.76 Å². The van der Waals surface area contributed by atoms with Crippen LogP contribution in [0.3, 0.4) is 0 Å². The summed E-state index contributed by atoms with van der Waals surface area (Å²) in [5, 5.41) is 3.63. The van der Waals surface area contributed by atoms with E-state index in [0.717, 1.165) is 36.9 Å². The molecule has 1 N–H and O–H groups in total. The largest absolute Gasteiger partial charge is 0.468 e. The first-order chi connectivity index (χ1) is 8.81. The van der Waals surface area contributed by atoms with Crippen molar-refractivity contribution in [3.05, 3.63) is 24.2 Å². The van der Waals surface area contributed by atoms with E-state index in [0.29, 0.717) is 0 Å². The lowest BCUT2D eigenvalue weighted by Gasteiger charge is -2.25. The van der Waals surface area contributed by atoms with Gasteiger partial charge in [-0.2, -0.15) is 0 Å². The first kappa shape index (κ1) is 12.2. The Morgan fingerprint density at radius 2 is 2.22 bits per heavy atom. The van der Waals surface area contributed by atoms with Crippen LogP contribution in [0.5, 0.6) is 0 Å². The Bertz CT molecular complexity index is 355. The van der Waals surface area contributed by atoms with E-state index in [1.54, 1.807) is 6.26 Å². The van der Waals surface area contributed by atoms with E-state index >= 15 is 0 Å². The topological polar surface area (TPSA) is 28.4 Å². The molecule has 0 amide bonds. The number of hydrogen-bond acceptors (Lipinski definition) is 3. The Morgan fingerprint density at radius 3 is 2.83 bits per heavy atom. The molecule has 0 saturated heterocycles. The highest BCUT2D eigenvalue weighted by Gasteiger charge is 2.30. The number of nitrogens with zero attached hydrogens (tertiary/aromatic N) is 1. The van der Waals surface area contributed by atoms with Gasteiger partial charge in [-0.3, -0.25) is 4.90 Å². The molecule has 2 saturated carbocycles. The van der Waals surface area contributed by atoms with Crippen LogP contribution in [0.4, 0.5) is 0 Å². The van der Waals surface area contributed by atoms with E-state index in [1.807, 2.05) is 6.07 Å². The van der Waals surface area contributed by atoms with Crippen molar-refractivity contribution in [1.82, 2.24) is 10.2 Å². The summed E-state index contributed by atoms with van der Waals surface area (Å²) in [5.74, 6) is 1.82. The van der Waals surface area contributed by atoms with Gasteiger partial charge in [0.05, 0.1) is 12.8 Å². The summed E-state index contributed by atoms with van der Waals surface area (Å²) in [6.07, 6.45) is 7.27. The Hall–Kier alpha value is -0.800. The fourth-order valence-corrected chi connectivity index (χ4v) is 2.51. The second kappa shape index (κ2) is 5.45. The van der Waals surface area contributed by atoms with Crippen LogP contribution in [0.15, 0.2) is 22.8 Å².